The molecule has 14 heteroatoms. The number of carbonyl (C=O) groups excluding carboxylic acids is 1. The SMILES string of the molecule is C[C@H]1COc2c(Cl)c(-c3ccc(F)c4sc(N)c(C#N)c34)c(F)c3nc4nc(c23)N1CC(=O)NCC(CN(C)C)CO4. The zero-order valence-corrected chi connectivity index (χ0v) is 24.5. The van der Waals surface area contributed by atoms with Crippen LogP contribution in [0.1, 0.15) is 12.5 Å². The third kappa shape index (κ3) is 4.59. The van der Waals surface area contributed by atoms with Crippen molar-refractivity contribution >= 4 is 60.7 Å². The second kappa shape index (κ2) is 10.7. The fraction of sp³-hybridized carbons (Fsp3) is 0.357. The molecular weight excluding hydrogens is 588 g/mol. The van der Waals surface area contributed by atoms with E-state index in [1.807, 2.05) is 32.0 Å². The van der Waals surface area contributed by atoms with Crippen molar-refractivity contribution in [1.82, 2.24) is 20.2 Å². The van der Waals surface area contributed by atoms with Crippen LogP contribution in [-0.4, -0.2) is 73.8 Å². The van der Waals surface area contributed by atoms with E-state index in [1.54, 1.807) is 4.90 Å². The molecule has 0 radical (unpaired) electrons. The maximum atomic E-state index is 16.8. The van der Waals surface area contributed by atoms with E-state index in [9.17, 15) is 14.4 Å². The van der Waals surface area contributed by atoms with Crippen LogP contribution in [0.15, 0.2) is 12.1 Å². The summed E-state index contributed by atoms with van der Waals surface area (Å²) >= 11 is 7.80. The maximum absolute atomic E-state index is 16.8. The van der Waals surface area contributed by atoms with Gasteiger partial charge in [0.1, 0.15) is 34.8 Å². The molecule has 0 saturated heterocycles. The van der Waals surface area contributed by atoms with E-state index in [1.165, 1.54) is 12.1 Å². The molecule has 2 atom stereocenters. The first-order valence-corrected chi connectivity index (χ1v) is 14.4. The van der Waals surface area contributed by atoms with Crippen LogP contribution in [0.4, 0.5) is 19.6 Å². The van der Waals surface area contributed by atoms with E-state index in [0.717, 1.165) is 11.3 Å². The number of rotatable bonds is 3. The number of anilines is 2. The highest BCUT2D eigenvalue weighted by atomic mass is 35.5. The Morgan fingerprint density at radius 3 is 2.79 bits per heavy atom. The van der Waals surface area contributed by atoms with Crippen molar-refractivity contribution in [2.45, 2.75) is 13.0 Å². The molecule has 2 bridgehead atoms. The third-order valence-electron chi connectivity index (χ3n) is 7.39. The molecule has 4 aromatic rings. The van der Waals surface area contributed by atoms with Crippen molar-refractivity contribution in [3.63, 3.8) is 0 Å². The fourth-order valence-corrected chi connectivity index (χ4v) is 6.76. The van der Waals surface area contributed by atoms with Crippen molar-refractivity contribution in [2.24, 2.45) is 5.92 Å². The normalized spacial score (nSPS) is 18.8. The highest BCUT2D eigenvalue weighted by Crippen LogP contribution is 2.51. The summed E-state index contributed by atoms with van der Waals surface area (Å²) in [4.78, 5) is 25.8. The van der Waals surface area contributed by atoms with Gasteiger partial charge in [-0.3, -0.25) is 4.79 Å². The van der Waals surface area contributed by atoms with Crippen LogP contribution in [0.3, 0.4) is 0 Å². The lowest BCUT2D eigenvalue weighted by atomic mass is 9.96. The Bertz CT molecular complexity index is 1810. The number of amides is 1. The number of halogens is 3. The highest BCUT2D eigenvalue weighted by molar-refractivity contribution is 7.23. The Kier molecular flexibility index (Phi) is 7.16. The van der Waals surface area contributed by atoms with E-state index >= 15 is 4.39 Å². The van der Waals surface area contributed by atoms with Gasteiger partial charge in [0.05, 0.1) is 39.9 Å². The van der Waals surface area contributed by atoms with Gasteiger partial charge in [-0.2, -0.15) is 15.2 Å². The lowest BCUT2D eigenvalue weighted by Crippen LogP contribution is -2.45. The zero-order valence-electron chi connectivity index (χ0n) is 22.9. The molecule has 2 aliphatic rings. The number of nitrogens with two attached hydrogens (primary N) is 1. The van der Waals surface area contributed by atoms with Gasteiger partial charge in [-0.25, -0.2) is 8.78 Å². The summed E-state index contributed by atoms with van der Waals surface area (Å²) in [6.07, 6.45) is 0. The molecule has 2 aliphatic heterocycles. The van der Waals surface area contributed by atoms with E-state index < -0.39 is 11.6 Å². The molecule has 2 aromatic heterocycles. The van der Waals surface area contributed by atoms with Gasteiger partial charge in [-0.1, -0.05) is 17.7 Å². The van der Waals surface area contributed by atoms with Crippen LogP contribution in [-0.2, 0) is 4.79 Å². The van der Waals surface area contributed by atoms with Gasteiger partial charge in [0.2, 0.25) is 5.91 Å². The van der Waals surface area contributed by atoms with Gasteiger partial charge < -0.3 is 30.3 Å². The Morgan fingerprint density at radius 1 is 1.26 bits per heavy atom. The average molecular weight is 614 g/mol. The van der Waals surface area contributed by atoms with Crippen molar-refractivity contribution in [2.75, 3.05) is 57.6 Å². The average Bonchev–Trinajstić information content (AvgIpc) is 3.22. The molecule has 42 heavy (non-hydrogen) atoms. The first kappa shape index (κ1) is 28.1. The van der Waals surface area contributed by atoms with Crippen LogP contribution < -0.4 is 25.4 Å². The number of thiophene rings is 1. The van der Waals surface area contributed by atoms with Crippen LogP contribution in [0.5, 0.6) is 11.8 Å². The lowest BCUT2D eigenvalue weighted by Gasteiger charge is -2.27. The smallest absolute Gasteiger partial charge is 0.319 e. The second-order valence-corrected chi connectivity index (χ2v) is 12.1. The number of carbonyl (C=O) groups is 1. The van der Waals surface area contributed by atoms with Crippen LogP contribution in [0.2, 0.25) is 5.02 Å². The van der Waals surface area contributed by atoms with E-state index in [0.29, 0.717) is 13.1 Å². The second-order valence-electron chi connectivity index (χ2n) is 10.7. The summed E-state index contributed by atoms with van der Waals surface area (Å²) in [6, 6.07) is 4.10. The Balaban J connectivity index is 1.65. The quantitative estimate of drug-likeness (QED) is 0.350. The summed E-state index contributed by atoms with van der Waals surface area (Å²) in [5.41, 5.74) is 5.96. The number of fused-ring (bicyclic) bond motifs is 2. The predicted octanol–water partition coefficient (Wildman–Crippen LogP) is 4.17. The summed E-state index contributed by atoms with van der Waals surface area (Å²) in [7, 11) is 3.83. The summed E-state index contributed by atoms with van der Waals surface area (Å²) < 4.78 is 43.9. The molecule has 1 unspecified atom stereocenters. The van der Waals surface area contributed by atoms with E-state index in [4.69, 9.17) is 26.8 Å². The lowest BCUT2D eigenvalue weighted by molar-refractivity contribution is -0.120. The number of hydrogen-bond donors (Lipinski definition) is 2. The molecule has 2 aromatic carbocycles. The van der Waals surface area contributed by atoms with Crippen LogP contribution in [0.25, 0.3) is 32.1 Å². The first-order chi connectivity index (χ1) is 20.1. The minimum absolute atomic E-state index is 0.0235. The molecule has 6 rings (SSSR count). The fourth-order valence-electron chi connectivity index (χ4n) is 5.48. The van der Waals surface area contributed by atoms with E-state index in [-0.39, 0.29) is 103 Å². The number of nitrogens with one attached hydrogen (secondary N) is 1. The third-order valence-corrected chi connectivity index (χ3v) is 8.78. The predicted molar refractivity (Wildman–Crippen MR) is 157 cm³/mol. The number of nitrogens with zero attached hydrogens (tertiary/aromatic N) is 5. The molecule has 0 fully saturated rings. The molecule has 4 heterocycles. The largest absolute Gasteiger partial charge is 0.489 e. The molecule has 0 spiro atoms. The molecule has 1 amide bonds. The summed E-state index contributed by atoms with van der Waals surface area (Å²) in [5, 5.41) is 13.1. The molecule has 10 nitrogen and oxygen atoms in total. The van der Waals surface area contributed by atoms with Crippen LogP contribution in [0, 0.1) is 28.9 Å². The minimum Gasteiger partial charge on any atom is -0.489 e. The number of ether oxygens (including phenoxy) is 2. The molecular formula is C28H26ClF2N7O3S. The van der Waals surface area contributed by atoms with Gasteiger partial charge in [-0.05, 0) is 32.6 Å². The van der Waals surface area contributed by atoms with Crippen molar-refractivity contribution in [3.8, 4) is 29.0 Å². The zero-order chi connectivity index (χ0) is 29.9. The van der Waals surface area contributed by atoms with Crippen molar-refractivity contribution in [3.05, 3.63) is 34.4 Å². The number of aromatic nitrogens is 2. The molecule has 0 saturated carbocycles. The number of benzene rings is 2. The van der Waals surface area contributed by atoms with E-state index in [2.05, 4.69) is 15.3 Å². The van der Waals surface area contributed by atoms with Crippen molar-refractivity contribution < 1.29 is 23.0 Å². The Hall–Kier alpha value is -3.99. The maximum Gasteiger partial charge on any atom is 0.319 e. The molecule has 218 valence electrons. The first-order valence-electron chi connectivity index (χ1n) is 13.2. The molecule has 0 aliphatic carbocycles. The monoisotopic (exact) mass is 613 g/mol. The number of nitriles is 1. The van der Waals surface area contributed by atoms with Crippen molar-refractivity contribution in [1.29, 1.82) is 5.26 Å². The highest BCUT2D eigenvalue weighted by Gasteiger charge is 2.34. The Morgan fingerprint density at radius 2 is 2.05 bits per heavy atom. The van der Waals surface area contributed by atoms with Gasteiger partial charge in [0.25, 0.3) is 0 Å². The van der Waals surface area contributed by atoms with Crippen LogP contribution >= 0.6 is 22.9 Å². The van der Waals surface area contributed by atoms with Gasteiger partial charge >= 0.3 is 6.01 Å². The standard InChI is InChI=1S/C28H26ClF2N7O3S/c1-12-10-40-24-20-23(35-28-36-27(20)38(12)9-17(39)34-7-13(11-41-28)8-37(2)3)22(31)19(21(24)29)14-4-5-16(30)25-18(14)15(6-32)26(33)42-25/h4-5,12-13H,7-11,33H2,1-3H3,(H,34,39)/t12-,13?/m0/s1. The van der Waals surface area contributed by atoms with Gasteiger partial charge in [0.15, 0.2) is 11.6 Å². The van der Waals surface area contributed by atoms with Gasteiger partial charge in [0, 0.05) is 30.0 Å². The molecule has 3 N–H and O–H groups in total. The summed E-state index contributed by atoms with van der Waals surface area (Å²) in [5.74, 6) is -1.41. The number of hydrogen-bond acceptors (Lipinski definition) is 10. The minimum atomic E-state index is -0.837. The Labute approximate surface area is 248 Å². The number of nitrogen functional groups attached to an aromatic ring is 1. The topological polar surface area (TPSA) is 130 Å². The summed E-state index contributed by atoms with van der Waals surface area (Å²) in [6.45, 7) is 3.04. The van der Waals surface area contributed by atoms with Gasteiger partial charge in [-0.15, -0.1) is 11.3 Å².